The number of nitrogens with zero attached hydrogens (tertiary/aromatic N) is 3. The Balaban J connectivity index is 1.62. The Morgan fingerprint density at radius 1 is 1.17 bits per heavy atom. The summed E-state index contributed by atoms with van der Waals surface area (Å²) in [6, 6.07) is 2.77. The second kappa shape index (κ2) is 13.5. The maximum atomic E-state index is 12.4. The lowest BCUT2D eigenvalue weighted by molar-refractivity contribution is -0.339. The van der Waals surface area contributed by atoms with E-state index in [0.717, 1.165) is 17.2 Å². The van der Waals surface area contributed by atoms with Crippen LogP contribution in [-0.4, -0.2) is 64.1 Å². The van der Waals surface area contributed by atoms with Crippen LogP contribution in [0, 0.1) is 18.3 Å². The van der Waals surface area contributed by atoms with Gasteiger partial charge in [0.15, 0.2) is 0 Å². The molecule has 5 atom stereocenters. The van der Waals surface area contributed by atoms with Crippen LogP contribution >= 0.6 is 23.5 Å². The van der Waals surface area contributed by atoms with Crippen molar-refractivity contribution in [1.29, 1.82) is 0 Å². The van der Waals surface area contributed by atoms with Crippen LogP contribution < -0.4 is 27.5 Å². The van der Waals surface area contributed by atoms with Crippen molar-refractivity contribution in [3.05, 3.63) is 52.6 Å². The van der Waals surface area contributed by atoms with Gasteiger partial charge in [-0.2, -0.15) is 24.4 Å². The third-order valence-electron chi connectivity index (χ3n) is 4.50. The molecule has 42 heavy (non-hydrogen) atoms. The highest BCUT2D eigenvalue weighted by Gasteiger charge is 2.44. The number of anilines is 1. The van der Waals surface area contributed by atoms with Crippen LogP contribution in [0.15, 0.2) is 29.3 Å². The summed E-state index contributed by atoms with van der Waals surface area (Å²) in [5, 5.41) is 12.6. The van der Waals surface area contributed by atoms with E-state index in [0.29, 0.717) is 0 Å². The van der Waals surface area contributed by atoms with Gasteiger partial charge >= 0.3 is 29.2 Å². The Morgan fingerprint density at radius 2 is 1.88 bits per heavy atom. The normalized spacial score (nSPS) is 21.4. The first-order valence-corrected chi connectivity index (χ1v) is 15.2. The molecular weight excluding hydrogens is 637 g/mol. The van der Waals surface area contributed by atoms with Crippen molar-refractivity contribution >= 4 is 35.2 Å². The fourth-order valence-corrected chi connectivity index (χ4v) is 5.67. The molecule has 0 bridgehead atoms. The first-order chi connectivity index (χ1) is 19.5. The molecule has 1 saturated heterocycles. The van der Waals surface area contributed by atoms with Crippen LogP contribution in [0.4, 0.5) is 5.82 Å². The molecule has 1 radical (unpaired) electrons. The van der Waals surface area contributed by atoms with Crippen LogP contribution in [0.3, 0.4) is 0 Å². The molecule has 229 valence electrons. The van der Waals surface area contributed by atoms with Gasteiger partial charge in [0.25, 0.3) is 5.91 Å². The number of hydrogen-bond donors (Lipinski definition) is 8. The number of aliphatic hydroxyl groups excluding tert-OH is 1. The van der Waals surface area contributed by atoms with E-state index in [1.807, 2.05) is 0 Å². The molecule has 1 amide bonds. The maximum Gasteiger partial charge on any atom is 0.508 e. The molecule has 25 heteroatoms. The van der Waals surface area contributed by atoms with Crippen LogP contribution in [0.25, 0.3) is 0 Å². The van der Waals surface area contributed by atoms with Gasteiger partial charge in [-0.25, -0.2) is 23.5 Å². The number of hydrogen-bond acceptors (Lipinski definition) is 16. The summed E-state index contributed by atoms with van der Waals surface area (Å²) in [5.41, 5.74) is 4.90. The van der Waals surface area contributed by atoms with Gasteiger partial charge < -0.3 is 45.3 Å². The molecule has 0 spiro atoms. The van der Waals surface area contributed by atoms with Gasteiger partial charge in [-0.15, -0.1) is 4.67 Å². The molecule has 5 unspecified atom stereocenters. The molecule has 1 aliphatic heterocycles. The van der Waals surface area contributed by atoms with Crippen molar-refractivity contribution in [2.75, 3.05) is 12.3 Å². The predicted molar refractivity (Wildman–Crippen MR) is 131 cm³/mol. The summed E-state index contributed by atoms with van der Waals surface area (Å²) < 4.78 is 50.7. The Labute approximate surface area is 233 Å². The zero-order valence-electron chi connectivity index (χ0n) is 20.4. The number of carbonyl (C=O) groups is 1. The third kappa shape index (κ3) is 9.74. The third-order valence-corrected chi connectivity index (χ3v) is 8.10. The topological polar surface area (TPSA) is 337 Å². The molecule has 2 aromatic rings. The minimum Gasteiger partial charge on any atom is -0.391 e. The number of nitrogens with two attached hydrogens (primary N) is 2. The van der Waals surface area contributed by atoms with Crippen molar-refractivity contribution in [2.45, 2.75) is 18.6 Å². The zero-order chi connectivity index (χ0) is 31.3. The molecule has 0 saturated carbocycles. The lowest BCUT2D eigenvalue weighted by atomic mass is 10.2. The molecule has 0 aromatic carbocycles. The molecule has 3 heterocycles. The van der Waals surface area contributed by atoms with Crippen molar-refractivity contribution in [3.8, 4) is 17.7 Å². The number of pyridine rings is 1. The highest BCUT2D eigenvalue weighted by Crippen LogP contribution is 2.66. The van der Waals surface area contributed by atoms with E-state index in [9.17, 15) is 33.3 Å². The predicted octanol–water partition coefficient (Wildman–Crippen LogP) is -2.05. The Bertz CT molecular complexity index is 1570. The van der Waals surface area contributed by atoms with E-state index < -0.39 is 53.7 Å². The largest absolute Gasteiger partial charge is 0.508 e. The number of aromatic nitrogens is 3. The number of phosphoric acid groups is 3. The second-order valence-corrected chi connectivity index (χ2v) is 11.9. The summed E-state index contributed by atoms with van der Waals surface area (Å²) >= 11 is 0. The fraction of sp³-hybridized carbons (Fsp3) is 0.235. The van der Waals surface area contributed by atoms with Gasteiger partial charge in [0, 0.05) is 24.9 Å². The molecule has 0 aliphatic carbocycles. The number of amides is 1. The van der Waals surface area contributed by atoms with E-state index in [4.69, 9.17) is 31.0 Å². The van der Waals surface area contributed by atoms with Gasteiger partial charge in [0.1, 0.15) is 18.1 Å². The number of rotatable bonds is 11. The average molecular weight is 657 g/mol. The summed E-state index contributed by atoms with van der Waals surface area (Å²) in [6.07, 6.45) is -1.92. The number of ether oxygens (including phenoxy) is 1. The van der Waals surface area contributed by atoms with Crippen molar-refractivity contribution in [3.63, 3.8) is 0 Å². The van der Waals surface area contributed by atoms with E-state index in [1.165, 1.54) is 18.3 Å². The summed E-state index contributed by atoms with van der Waals surface area (Å²) in [7, 11) is -17.2. The molecule has 2 aromatic heterocycles. The van der Waals surface area contributed by atoms with Crippen LogP contribution in [0.2, 0.25) is 0 Å². The second-order valence-electron chi connectivity index (χ2n) is 7.56. The van der Waals surface area contributed by atoms with Gasteiger partial charge in [0.05, 0.1) is 17.7 Å². The van der Waals surface area contributed by atoms with Crippen LogP contribution in [0.5, 0.6) is 5.88 Å². The van der Waals surface area contributed by atoms with E-state index >= 15 is 0 Å². The Kier molecular flexibility index (Phi) is 10.7. The van der Waals surface area contributed by atoms with Crippen LogP contribution in [0.1, 0.15) is 22.1 Å². The first-order valence-electron chi connectivity index (χ1n) is 10.6. The van der Waals surface area contributed by atoms with E-state index in [-0.39, 0.29) is 29.4 Å². The Morgan fingerprint density at radius 3 is 2.50 bits per heavy atom. The van der Waals surface area contributed by atoms with E-state index in [1.54, 1.807) is 0 Å². The smallest absolute Gasteiger partial charge is 0.391 e. The molecular formula is C17H20N6O16P3. The lowest BCUT2D eigenvalue weighted by Crippen LogP contribution is -2.29. The minimum atomic E-state index is -5.83. The van der Waals surface area contributed by atoms with Gasteiger partial charge in [-0.3, -0.25) is 9.36 Å². The molecule has 1 fully saturated rings. The Hall–Kier alpha value is -3.09. The SMILES string of the molecule is NOc1ccc(C(=O)NCC#Cc2cn(C3[CH]C(O)C(OOP(=O)(O)OP(=O)(O)OP(=O)(O)O)O3)c(=O)nc2N)cn1. The van der Waals surface area contributed by atoms with Crippen molar-refractivity contribution in [2.24, 2.45) is 5.90 Å². The molecule has 3 rings (SSSR count). The van der Waals surface area contributed by atoms with Crippen molar-refractivity contribution in [1.82, 2.24) is 19.9 Å². The lowest BCUT2D eigenvalue weighted by Gasteiger charge is -2.18. The van der Waals surface area contributed by atoms with E-state index in [2.05, 4.69) is 50.1 Å². The maximum absolute atomic E-state index is 12.4. The summed E-state index contributed by atoms with van der Waals surface area (Å²) in [6.45, 7) is -0.173. The number of carbonyl (C=O) groups excluding carboxylic acids is 1. The standard InChI is InChI=1S/C17H20N6O16P3/c18-14-10(2-1-5-20-15(25)9-3-4-12(35-19)21-7-9)8-23(17(26)22-14)13-6-11(24)16(34-13)36-37-41(30,31)39-42(32,33)38-40(27,28)29/h3-4,6-8,11,13,16,24H,5,19H2,(H,20,25)(H,30,31)(H,32,33)(H2,18,22,26)(H2,27,28,29). The molecule has 1 aliphatic rings. The summed E-state index contributed by atoms with van der Waals surface area (Å²) in [4.78, 5) is 76.3. The minimum absolute atomic E-state index is 0.0147. The van der Waals surface area contributed by atoms with Gasteiger partial charge in [-0.1, -0.05) is 11.8 Å². The average Bonchev–Trinajstić information content (AvgIpc) is 3.24. The molecule has 10 N–H and O–H groups in total. The molecule has 22 nitrogen and oxygen atoms in total. The monoisotopic (exact) mass is 657 g/mol. The fourth-order valence-electron chi connectivity index (χ4n) is 2.86. The highest BCUT2D eigenvalue weighted by molar-refractivity contribution is 7.66. The summed E-state index contributed by atoms with van der Waals surface area (Å²) in [5.74, 6) is 9.40. The number of aliphatic hydroxyl groups is 1. The van der Waals surface area contributed by atoms with Crippen LogP contribution in [-0.2, 0) is 36.6 Å². The van der Waals surface area contributed by atoms with Gasteiger partial charge in [-0.05, 0) is 6.07 Å². The highest BCUT2D eigenvalue weighted by atomic mass is 31.3. The number of nitrogens with one attached hydrogen (secondary N) is 1. The quantitative estimate of drug-likeness (QED) is 0.0557. The first kappa shape index (κ1) is 33.4. The number of nitrogen functional groups attached to an aromatic ring is 1. The van der Waals surface area contributed by atoms with Crippen molar-refractivity contribution < 1.29 is 70.9 Å². The zero-order valence-corrected chi connectivity index (χ0v) is 23.1. The van der Waals surface area contributed by atoms with Gasteiger partial charge in [0.2, 0.25) is 12.2 Å².